The molecule has 0 radical (unpaired) electrons. The van der Waals surface area contributed by atoms with Crippen LogP contribution in [0.3, 0.4) is 0 Å². The Kier molecular flexibility index (Phi) is 8.40. The number of methoxy groups -OCH3 is 1. The molecule has 0 spiro atoms. The summed E-state index contributed by atoms with van der Waals surface area (Å²) >= 11 is 10.2. The van der Waals surface area contributed by atoms with Crippen LogP contribution >= 0.6 is 66.2 Å². The molecule has 0 saturated carbocycles. The first-order valence-electron chi connectivity index (χ1n) is 10.0. The van der Waals surface area contributed by atoms with Gasteiger partial charge in [0, 0.05) is 3.57 Å². The average Bonchev–Trinajstić information content (AvgIpc) is 3.39. The van der Waals surface area contributed by atoms with Gasteiger partial charge in [-0.3, -0.25) is 14.5 Å². The number of amides is 2. The number of halogens is 3. The molecule has 0 bridgehead atoms. The summed E-state index contributed by atoms with van der Waals surface area (Å²) in [4.78, 5) is 38.3. The number of carbonyl (C=O) groups excluding carboxylic acids is 3. The second-order valence-electron chi connectivity index (χ2n) is 7.25. The predicted molar refractivity (Wildman–Crippen MR) is 147 cm³/mol. The van der Waals surface area contributed by atoms with Crippen molar-refractivity contribution in [2.45, 2.75) is 13.2 Å². The minimum atomic E-state index is -0.632. The van der Waals surface area contributed by atoms with E-state index in [1.807, 2.05) is 36.4 Å². The molecule has 0 unspecified atom stereocenters. The van der Waals surface area contributed by atoms with E-state index in [0.29, 0.717) is 32.6 Å². The lowest BCUT2D eigenvalue weighted by molar-refractivity contribution is -0.123. The summed E-state index contributed by atoms with van der Waals surface area (Å²) in [7, 11) is 1.24. The lowest BCUT2D eigenvalue weighted by Crippen LogP contribution is -2.27. The third-order valence-electron chi connectivity index (χ3n) is 4.85. The Balaban J connectivity index is 1.47. The normalized spacial score (nSPS) is 14.6. The van der Waals surface area contributed by atoms with Crippen LogP contribution in [-0.4, -0.2) is 29.1 Å². The quantitative estimate of drug-likeness (QED) is 0.147. The number of imide groups is 1. The number of nitrogens with zero attached hydrogens (tertiary/aromatic N) is 1. The van der Waals surface area contributed by atoms with E-state index < -0.39 is 17.1 Å². The van der Waals surface area contributed by atoms with Gasteiger partial charge < -0.3 is 13.9 Å². The van der Waals surface area contributed by atoms with Gasteiger partial charge in [0.05, 0.1) is 27.5 Å². The van der Waals surface area contributed by atoms with Crippen molar-refractivity contribution in [2.75, 3.05) is 7.11 Å². The molecular formula is C24H16Br2INO6S. The van der Waals surface area contributed by atoms with Crippen molar-refractivity contribution in [2.24, 2.45) is 0 Å². The number of rotatable bonds is 7. The Morgan fingerprint density at radius 3 is 2.46 bits per heavy atom. The molecule has 7 nitrogen and oxygen atoms in total. The zero-order chi connectivity index (χ0) is 25.1. The fourth-order valence-corrected chi connectivity index (χ4v) is 5.80. The minimum Gasteiger partial charge on any atom is -0.487 e. The molecule has 1 aliphatic heterocycles. The van der Waals surface area contributed by atoms with E-state index in [0.717, 1.165) is 25.8 Å². The zero-order valence-electron chi connectivity index (χ0n) is 18.0. The molecule has 0 aliphatic carbocycles. The molecule has 1 fully saturated rings. The largest absolute Gasteiger partial charge is 0.487 e. The van der Waals surface area contributed by atoms with Gasteiger partial charge in [0.15, 0.2) is 0 Å². The molecule has 180 valence electrons. The van der Waals surface area contributed by atoms with Crippen LogP contribution in [0.5, 0.6) is 5.75 Å². The predicted octanol–water partition coefficient (Wildman–Crippen LogP) is 7.01. The topological polar surface area (TPSA) is 86.0 Å². The average molecular weight is 733 g/mol. The molecule has 1 saturated heterocycles. The SMILES string of the molecule is COC(=O)c1ccc(CN2C(=O)S/C(=C/c3cc(Br)c(OCc4ccc(I)cc4)c(Br)c3)C2=O)o1. The first kappa shape index (κ1) is 26.0. The van der Waals surface area contributed by atoms with Crippen LogP contribution in [0.2, 0.25) is 0 Å². The number of ether oxygens (including phenoxy) is 2. The summed E-state index contributed by atoms with van der Waals surface area (Å²) in [6, 6.07) is 14.6. The van der Waals surface area contributed by atoms with Crippen molar-refractivity contribution in [1.29, 1.82) is 0 Å². The number of esters is 1. The van der Waals surface area contributed by atoms with Gasteiger partial charge in [-0.15, -0.1) is 0 Å². The van der Waals surface area contributed by atoms with Gasteiger partial charge in [-0.25, -0.2) is 4.79 Å². The number of thioether (sulfide) groups is 1. The molecule has 2 amide bonds. The van der Waals surface area contributed by atoms with Crippen LogP contribution < -0.4 is 4.74 Å². The maximum absolute atomic E-state index is 12.9. The molecule has 35 heavy (non-hydrogen) atoms. The highest BCUT2D eigenvalue weighted by Crippen LogP contribution is 2.38. The molecule has 11 heteroatoms. The standard InChI is InChI=1S/C24H16Br2INO6S/c1-32-23(30)19-7-6-16(34-19)11-28-22(29)20(35-24(28)31)10-14-8-17(25)21(18(26)9-14)33-12-13-2-4-15(27)5-3-13/h2-10H,11-12H2,1H3/b20-10+. The molecule has 3 aromatic rings. The summed E-state index contributed by atoms with van der Waals surface area (Å²) in [6.07, 6.45) is 1.64. The van der Waals surface area contributed by atoms with Crippen molar-refractivity contribution in [3.8, 4) is 5.75 Å². The highest BCUT2D eigenvalue weighted by molar-refractivity contribution is 14.1. The van der Waals surface area contributed by atoms with E-state index in [-0.39, 0.29) is 17.2 Å². The van der Waals surface area contributed by atoms with E-state index in [4.69, 9.17) is 9.15 Å². The van der Waals surface area contributed by atoms with Crippen LogP contribution in [0.4, 0.5) is 4.79 Å². The van der Waals surface area contributed by atoms with Gasteiger partial charge in [-0.05, 0) is 120 Å². The zero-order valence-corrected chi connectivity index (χ0v) is 24.2. The highest BCUT2D eigenvalue weighted by Gasteiger charge is 2.36. The van der Waals surface area contributed by atoms with E-state index in [1.54, 1.807) is 6.08 Å². The molecule has 1 aromatic heterocycles. The maximum Gasteiger partial charge on any atom is 0.373 e. The number of hydrogen-bond donors (Lipinski definition) is 0. The Bertz CT molecular complexity index is 1320. The number of furan rings is 1. The summed E-state index contributed by atoms with van der Waals surface area (Å²) in [5.74, 6) is -0.138. The van der Waals surface area contributed by atoms with E-state index in [2.05, 4.69) is 59.2 Å². The fraction of sp³-hybridized carbons (Fsp3) is 0.125. The first-order chi connectivity index (χ1) is 16.7. The van der Waals surface area contributed by atoms with Gasteiger partial charge >= 0.3 is 5.97 Å². The van der Waals surface area contributed by atoms with Gasteiger partial charge in [0.2, 0.25) is 5.76 Å². The molecule has 1 aliphatic rings. The second-order valence-corrected chi connectivity index (χ2v) is 11.2. The third kappa shape index (κ3) is 6.19. The monoisotopic (exact) mass is 731 g/mol. The lowest BCUT2D eigenvalue weighted by Gasteiger charge is -2.12. The van der Waals surface area contributed by atoms with Crippen molar-refractivity contribution >= 4 is 89.4 Å². The minimum absolute atomic E-state index is 0.00374. The molecule has 0 N–H and O–H groups in total. The second kappa shape index (κ2) is 11.3. The third-order valence-corrected chi connectivity index (χ3v) is 7.66. The van der Waals surface area contributed by atoms with Gasteiger partial charge in [-0.2, -0.15) is 0 Å². The van der Waals surface area contributed by atoms with Gasteiger partial charge in [0.1, 0.15) is 18.1 Å². The van der Waals surface area contributed by atoms with Gasteiger partial charge in [0.25, 0.3) is 11.1 Å². The molecule has 4 rings (SSSR count). The molecular weight excluding hydrogens is 717 g/mol. The van der Waals surface area contributed by atoms with Crippen LogP contribution in [0.1, 0.15) is 27.4 Å². The summed E-state index contributed by atoms with van der Waals surface area (Å²) in [6.45, 7) is 0.314. The molecule has 2 heterocycles. The van der Waals surface area contributed by atoms with Crippen molar-refractivity contribution in [3.63, 3.8) is 0 Å². The van der Waals surface area contributed by atoms with Gasteiger partial charge in [-0.1, -0.05) is 12.1 Å². The fourth-order valence-electron chi connectivity index (χ4n) is 3.15. The smallest absolute Gasteiger partial charge is 0.373 e. The number of hydrogen-bond acceptors (Lipinski definition) is 7. The van der Waals surface area contributed by atoms with Crippen LogP contribution in [0.15, 0.2) is 66.8 Å². The first-order valence-corrected chi connectivity index (χ1v) is 13.5. The number of benzene rings is 2. The highest BCUT2D eigenvalue weighted by atomic mass is 127. The Morgan fingerprint density at radius 1 is 1.11 bits per heavy atom. The van der Waals surface area contributed by atoms with Crippen LogP contribution in [-0.2, 0) is 22.7 Å². The molecule has 2 aromatic carbocycles. The number of carbonyl (C=O) groups is 3. The summed E-state index contributed by atoms with van der Waals surface area (Å²) in [5, 5.41) is -0.423. The Hall–Kier alpha value is -2.09. The Morgan fingerprint density at radius 2 is 1.80 bits per heavy atom. The van der Waals surface area contributed by atoms with Crippen LogP contribution in [0.25, 0.3) is 6.08 Å². The van der Waals surface area contributed by atoms with E-state index >= 15 is 0 Å². The Labute approximate surface area is 235 Å². The van der Waals surface area contributed by atoms with Crippen LogP contribution in [0, 0.1) is 3.57 Å². The summed E-state index contributed by atoms with van der Waals surface area (Å²) in [5.41, 5.74) is 1.75. The maximum atomic E-state index is 12.9. The summed E-state index contributed by atoms with van der Waals surface area (Å²) < 4.78 is 18.5. The van der Waals surface area contributed by atoms with E-state index in [9.17, 15) is 14.4 Å². The van der Waals surface area contributed by atoms with Crippen molar-refractivity contribution in [1.82, 2.24) is 4.90 Å². The lowest BCUT2D eigenvalue weighted by atomic mass is 10.2. The van der Waals surface area contributed by atoms with E-state index in [1.165, 1.54) is 19.2 Å². The van der Waals surface area contributed by atoms with Crippen molar-refractivity contribution < 1.29 is 28.3 Å². The molecule has 0 atom stereocenters. The van der Waals surface area contributed by atoms with Crippen molar-refractivity contribution in [3.05, 3.63) is 88.6 Å².